The van der Waals surface area contributed by atoms with Gasteiger partial charge in [-0.3, -0.25) is 0 Å². The van der Waals surface area contributed by atoms with Crippen molar-refractivity contribution < 1.29 is 4.74 Å². The zero-order valence-electron chi connectivity index (χ0n) is 8.94. The summed E-state index contributed by atoms with van der Waals surface area (Å²) in [5.41, 5.74) is 2.22. The highest BCUT2D eigenvalue weighted by atomic mass is 35.5. The second kappa shape index (κ2) is 5.43. The molecule has 0 N–H and O–H groups in total. The maximum atomic E-state index is 5.83. The number of halogens is 1. The van der Waals surface area contributed by atoms with Crippen molar-refractivity contribution in [2.24, 2.45) is 0 Å². The second-order valence-corrected chi connectivity index (χ2v) is 4.85. The van der Waals surface area contributed by atoms with Crippen LogP contribution >= 0.6 is 22.9 Å². The largest absolute Gasteiger partial charge is 0.378 e. The minimum absolute atomic E-state index is 0.580. The van der Waals surface area contributed by atoms with Gasteiger partial charge in [0.2, 0.25) is 0 Å². The molecule has 2 nitrogen and oxygen atoms in total. The Balaban J connectivity index is 2.05. The first-order valence-electron chi connectivity index (χ1n) is 4.94. The van der Waals surface area contributed by atoms with Gasteiger partial charge in [0.15, 0.2) is 0 Å². The third-order valence-corrected chi connectivity index (χ3v) is 3.31. The molecule has 0 aliphatic rings. The molecule has 16 heavy (non-hydrogen) atoms. The maximum absolute atomic E-state index is 5.83. The van der Waals surface area contributed by atoms with E-state index in [2.05, 4.69) is 4.98 Å². The highest BCUT2D eigenvalue weighted by molar-refractivity contribution is 7.09. The van der Waals surface area contributed by atoms with Gasteiger partial charge in [-0.15, -0.1) is 11.3 Å². The fraction of sp³-hybridized carbons (Fsp3) is 0.250. The van der Waals surface area contributed by atoms with Gasteiger partial charge < -0.3 is 4.74 Å². The highest BCUT2D eigenvalue weighted by Crippen LogP contribution is 2.17. The molecule has 0 saturated heterocycles. The van der Waals surface area contributed by atoms with Crippen LogP contribution in [0.25, 0.3) is 0 Å². The van der Waals surface area contributed by atoms with Crippen LogP contribution in [-0.4, -0.2) is 12.1 Å². The van der Waals surface area contributed by atoms with Gasteiger partial charge in [0.25, 0.3) is 0 Å². The van der Waals surface area contributed by atoms with E-state index in [1.807, 2.05) is 29.6 Å². The molecule has 1 heterocycles. The van der Waals surface area contributed by atoms with Gasteiger partial charge in [0, 0.05) is 23.9 Å². The van der Waals surface area contributed by atoms with E-state index in [9.17, 15) is 0 Å². The van der Waals surface area contributed by atoms with Crippen LogP contribution in [-0.2, 0) is 17.8 Å². The van der Waals surface area contributed by atoms with Crippen molar-refractivity contribution in [2.45, 2.75) is 13.0 Å². The summed E-state index contributed by atoms with van der Waals surface area (Å²) in [5, 5.41) is 3.91. The van der Waals surface area contributed by atoms with Gasteiger partial charge in [0.1, 0.15) is 0 Å². The van der Waals surface area contributed by atoms with Crippen molar-refractivity contribution in [3.05, 3.63) is 50.9 Å². The Hall–Kier alpha value is -0.900. The van der Waals surface area contributed by atoms with E-state index in [4.69, 9.17) is 16.3 Å². The van der Waals surface area contributed by atoms with Crippen LogP contribution in [0.2, 0.25) is 5.02 Å². The first-order valence-corrected chi connectivity index (χ1v) is 6.20. The number of aromatic nitrogens is 1. The van der Waals surface area contributed by atoms with Gasteiger partial charge in [-0.1, -0.05) is 23.7 Å². The van der Waals surface area contributed by atoms with Crippen LogP contribution in [0.1, 0.15) is 16.3 Å². The predicted molar refractivity (Wildman–Crippen MR) is 67.1 cm³/mol. The lowest BCUT2D eigenvalue weighted by atomic mass is 10.2. The van der Waals surface area contributed by atoms with Gasteiger partial charge in [-0.2, -0.15) is 0 Å². The molecular formula is C12H12ClNOS. The lowest BCUT2D eigenvalue weighted by Gasteiger charge is -1.97. The summed E-state index contributed by atoms with van der Waals surface area (Å²) in [5.74, 6) is 0. The van der Waals surface area contributed by atoms with E-state index < -0.39 is 0 Å². The molecule has 0 unspecified atom stereocenters. The number of hydrogen-bond acceptors (Lipinski definition) is 3. The van der Waals surface area contributed by atoms with E-state index in [0.29, 0.717) is 6.61 Å². The molecule has 0 bridgehead atoms. The van der Waals surface area contributed by atoms with Gasteiger partial charge >= 0.3 is 0 Å². The van der Waals surface area contributed by atoms with Gasteiger partial charge in [-0.05, 0) is 17.7 Å². The number of benzene rings is 1. The van der Waals surface area contributed by atoms with Crippen molar-refractivity contribution in [3.8, 4) is 0 Å². The van der Waals surface area contributed by atoms with E-state index in [-0.39, 0.29) is 0 Å². The Morgan fingerprint density at radius 3 is 2.75 bits per heavy atom. The SMILES string of the molecule is COCc1csc(Cc2ccc(Cl)cc2)n1. The first-order chi connectivity index (χ1) is 7.78. The number of hydrogen-bond donors (Lipinski definition) is 0. The van der Waals surface area contributed by atoms with Crippen LogP contribution in [0.4, 0.5) is 0 Å². The van der Waals surface area contributed by atoms with E-state index in [0.717, 1.165) is 22.1 Å². The monoisotopic (exact) mass is 253 g/mol. The van der Waals surface area contributed by atoms with Crippen LogP contribution in [0.5, 0.6) is 0 Å². The number of rotatable bonds is 4. The molecule has 0 atom stereocenters. The molecule has 2 aromatic rings. The Labute approximate surface area is 104 Å². The highest BCUT2D eigenvalue weighted by Gasteiger charge is 2.03. The van der Waals surface area contributed by atoms with E-state index in [1.54, 1.807) is 18.4 Å². The molecule has 0 amide bonds. The summed E-state index contributed by atoms with van der Waals surface area (Å²) >= 11 is 7.49. The quantitative estimate of drug-likeness (QED) is 0.832. The summed E-state index contributed by atoms with van der Waals surface area (Å²) < 4.78 is 5.03. The summed E-state index contributed by atoms with van der Waals surface area (Å²) in [4.78, 5) is 4.48. The Bertz CT molecular complexity index is 452. The third kappa shape index (κ3) is 3.04. The maximum Gasteiger partial charge on any atom is 0.0973 e. The molecule has 4 heteroatoms. The van der Waals surface area contributed by atoms with Crippen LogP contribution < -0.4 is 0 Å². The summed E-state index contributed by atoms with van der Waals surface area (Å²) in [6.07, 6.45) is 0.853. The zero-order valence-corrected chi connectivity index (χ0v) is 10.5. The second-order valence-electron chi connectivity index (χ2n) is 3.47. The summed E-state index contributed by atoms with van der Waals surface area (Å²) in [6.45, 7) is 0.580. The molecular weight excluding hydrogens is 242 g/mol. The summed E-state index contributed by atoms with van der Waals surface area (Å²) in [6, 6.07) is 7.86. The predicted octanol–water partition coefficient (Wildman–Crippen LogP) is 3.53. The van der Waals surface area contributed by atoms with Crippen molar-refractivity contribution in [1.82, 2.24) is 4.98 Å². The zero-order chi connectivity index (χ0) is 11.4. The van der Waals surface area contributed by atoms with Crippen molar-refractivity contribution in [3.63, 3.8) is 0 Å². The molecule has 0 aliphatic heterocycles. The minimum Gasteiger partial charge on any atom is -0.378 e. The minimum atomic E-state index is 0.580. The molecule has 0 spiro atoms. The Kier molecular flexibility index (Phi) is 3.93. The van der Waals surface area contributed by atoms with E-state index in [1.165, 1.54) is 5.56 Å². The first kappa shape index (κ1) is 11.6. The molecule has 84 valence electrons. The van der Waals surface area contributed by atoms with Gasteiger partial charge in [-0.25, -0.2) is 4.98 Å². The molecule has 0 aliphatic carbocycles. The fourth-order valence-electron chi connectivity index (χ4n) is 1.42. The van der Waals surface area contributed by atoms with Crippen LogP contribution in [0, 0.1) is 0 Å². The molecule has 1 aromatic heterocycles. The lowest BCUT2D eigenvalue weighted by molar-refractivity contribution is 0.182. The third-order valence-electron chi connectivity index (χ3n) is 2.16. The molecule has 2 rings (SSSR count). The van der Waals surface area contributed by atoms with Crippen molar-refractivity contribution in [2.75, 3.05) is 7.11 Å². The van der Waals surface area contributed by atoms with Gasteiger partial charge in [0.05, 0.1) is 17.3 Å². The van der Waals surface area contributed by atoms with Crippen molar-refractivity contribution in [1.29, 1.82) is 0 Å². The van der Waals surface area contributed by atoms with Crippen LogP contribution in [0.15, 0.2) is 29.6 Å². The van der Waals surface area contributed by atoms with E-state index >= 15 is 0 Å². The number of methoxy groups -OCH3 is 1. The normalized spacial score (nSPS) is 10.6. The smallest absolute Gasteiger partial charge is 0.0973 e. The molecule has 0 saturated carbocycles. The molecule has 1 aromatic carbocycles. The number of nitrogens with zero attached hydrogens (tertiary/aromatic N) is 1. The average Bonchev–Trinajstić information content (AvgIpc) is 2.70. The Morgan fingerprint density at radius 2 is 2.06 bits per heavy atom. The number of ether oxygens (including phenoxy) is 1. The lowest BCUT2D eigenvalue weighted by Crippen LogP contribution is -1.90. The topological polar surface area (TPSA) is 22.1 Å². The fourth-order valence-corrected chi connectivity index (χ4v) is 2.36. The average molecular weight is 254 g/mol. The van der Waals surface area contributed by atoms with Crippen molar-refractivity contribution >= 4 is 22.9 Å². The number of thiazole rings is 1. The standard InChI is InChI=1S/C12H12ClNOS/c1-15-7-11-8-16-12(14-11)6-9-2-4-10(13)5-3-9/h2-5,8H,6-7H2,1H3. The van der Waals surface area contributed by atoms with Crippen LogP contribution in [0.3, 0.4) is 0 Å². The Morgan fingerprint density at radius 1 is 1.31 bits per heavy atom. The summed E-state index contributed by atoms with van der Waals surface area (Å²) in [7, 11) is 1.68. The molecule has 0 fully saturated rings. The molecule has 0 radical (unpaired) electrons.